The van der Waals surface area contributed by atoms with Gasteiger partial charge in [-0.1, -0.05) is 37.1 Å². The van der Waals surface area contributed by atoms with E-state index in [0.717, 1.165) is 24.0 Å². The first-order valence-electron chi connectivity index (χ1n) is 15.2. The molecular formula is C32H52O10. The number of methoxy groups -OCH3 is 1. The van der Waals surface area contributed by atoms with E-state index in [1.165, 1.54) is 0 Å². The Bertz CT molecular complexity index is 1020. The summed E-state index contributed by atoms with van der Waals surface area (Å²) in [6.07, 6.45) is -4.22. The second-order valence-corrected chi connectivity index (χ2v) is 13.5. The zero-order valence-electron chi connectivity index (χ0n) is 25.8. The van der Waals surface area contributed by atoms with Crippen molar-refractivity contribution in [3.63, 3.8) is 0 Å². The molecule has 0 radical (unpaired) electrons. The maximum absolute atomic E-state index is 12.0. The number of rotatable bonds is 10. The molecule has 3 aliphatic carbocycles. The Hall–Kier alpha value is -1.18. The van der Waals surface area contributed by atoms with Crippen LogP contribution >= 0.6 is 0 Å². The lowest BCUT2D eigenvalue weighted by Gasteiger charge is -2.46. The van der Waals surface area contributed by atoms with Crippen molar-refractivity contribution in [3.8, 4) is 0 Å². The number of aliphatic hydroxyl groups is 6. The van der Waals surface area contributed by atoms with Crippen molar-refractivity contribution in [2.75, 3.05) is 26.9 Å². The lowest BCUT2D eigenvalue weighted by Crippen LogP contribution is -2.61. The molecule has 42 heavy (non-hydrogen) atoms. The van der Waals surface area contributed by atoms with Gasteiger partial charge in [-0.25, -0.2) is 0 Å². The standard InChI is InChI=1S/C32H52O10/c1-8-31(4,5)40-15-22-26(36)27(37)28(38)30(41-22)42-29-24-20(16(2)13-33)11-23(34)32(24,6)12-21-18(14-39-7)9-10-19(21)17(3)25(29)35/h8,12,16-19,22-23,25-30,33-38H,1,9-11,13-15H2,2-7H3/t16?,17-,18-,19+,22-,23+,25-,26-,27+,28-,29-,30-,32+/m1/s1. The highest BCUT2D eigenvalue weighted by atomic mass is 16.7. The number of hydrogen-bond donors (Lipinski definition) is 6. The molecule has 2 fully saturated rings. The van der Waals surface area contributed by atoms with Gasteiger partial charge in [0.1, 0.15) is 30.5 Å². The zero-order chi connectivity index (χ0) is 31.1. The lowest BCUT2D eigenvalue weighted by molar-refractivity contribution is -0.319. The van der Waals surface area contributed by atoms with Crippen molar-refractivity contribution in [3.05, 3.63) is 35.5 Å². The third-order valence-electron chi connectivity index (χ3n) is 10.3. The fraction of sp³-hybridized carbons (Fsp3) is 0.812. The molecule has 1 heterocycles. The monoisotopic (exact) mass is 596 g/mol. The normalized spacial score (nSPS) is 43.3. The molecule has 1 saturated carbocycles. The van der Waals surface area contributed by atoms with Crippen LogP contribution in [0.4, 0.5) is 0 Å². The summed E-state index contributed by atoms with van der Waals surface area (Å²) in [4.78, 5) is 0. The van der Waals surface area contributed by atoms with Gasteiger partial charge in [0, 0.05) is 31.0 Å². The van der Waals surface area contributed by atoms with Gasteiger partial charge in [-0.2, -0.15) is 0 Å². The molecule has 1 aliphatic heterocycles. The average molecular weight is 597 g/mol. The summed E-state index contributed by atoms with van der Waals surface area (Å²) in [6.45, 7) is 13.4. The van der Waals surface area contributed by atoms with Crippen LogP contribution in [0.2, 0.25) is 0 Å². The van der Waals surface area contributed by atoms with Crippen LogP contribution in [0.15, 0.2) is 35.5 Å². The SMILES string of the molecule is C=CC(C)(C)OC[C@H]1O[C@H](O[C@@H]2C3=C(C(C)CO)C[C@H](O)[C@]3(C)C=C3[C@@H](COC)CC[C@H]3[C@@H](C)[C@H]2O)[C@H](O)[C@@H](O)[C@@H]1O. The summed E-state index contributed by atoms with van der Waals surface area (Å²) in [5.74, 6) is -0.378. The minimum absolute atomic E-state index is 0.0306. The van der Waals surface area contributed by atoms with Gasteiger partial charge >= 0.3 is 0 Å². The molecule has 4 rings (SSSR count). The van der Waals surface area contributed by atoms with E-state index in [4.69, 9.17) is 18.9 Å². The largest absolute Gasteiger partial charge is 0.396 e. The van der Waals surface area contributed by atoms with E-state index in [0.29, 0.717) is 18.6 Å². The number of hydrogen-bond acceptors (Lipinski definition) is 10. The molecule has 1 saturated heterocycles. The van der Waals surface area contributed by atoms with Crippen LogP contribution in [-0.2, 0) is 18.9 Å². The molecule has 0 aromatic carbocycles. The van der Waals surface area contributed by atoms with Crippen LogP contribution in [0, 0.1) is 29.1 Å². The van der Waals surface area contributed by atoms with Crippen molar-refractivity contribution in [2.45, 2.75) is 108 Å². The Morgan fingerprint density at radius 3 is 2.40 bits per heavy atom. The molecule has 6 N–H and O–H groups in total. The van der Waals surface area contributed by atoms with E-state index >= 15 is 0 Å². The summed E-state index contributed by atoms with van der Waals surface area (Å²) in [5.41, 5.74) is 0.955. The fourth-order valence-electron chi connectivity index (χ4n) is 7.33. The maximum Gasteiger partial charge on any atom is 0.187 e. The molecular weight excluding hydrogens is 544 g/mol. The van der Waals surface area contributed by atoms with Crippen LogP contribution < -0.4 is 0 Å². The summed E-state index contributed by atoms with van der Waals surface area (Å²) in [7, 11) is 1.68. The van der Waals surface area contributed by atoms with Crippen LogP contribution in [0.25, 0.3) is 0 Å². The highest BCUT2D eigenvalue weighted by Gasteiger charge is 2.55. The first-order valence-corrected chi connectivity index (χ1v) is 15.2. The third kappa shape index (κ3) is 6.18. The minimum Gasteiger partial charge on any atom is -0.396 e. The van der Waals surface area contributed by atoms with Crippen molar-refractivity contribution in [1.29, 1.82) is 0 Å². The van der Waals surface area contributed by atoms with Gasteiger partial charge in [-0.05, 0) is 57.4 Å². The Balaban J connectivity index is 1.76. The van der Waals surface area contributed by atoms with Crippen molar-refractivity contribution in [1.82, 2.24) is 0 Å². The predicted octanol–water partition coefficient (Wildman–Crippen LogP) is 1.47. The van der Waals surface area contributed by atoms with Gasteiger partial charge in [0.25, 0.3) is 0 Å². The zero-order valence-corrected chi connectivity index (χ0v) is 25.8. The topological polar surface area (TPSA) is 158 Å². The smallest absolute Gasteiger partial charge is 0.187 e. The molecule has 13 atom stereocenters. The summed E-state index contributed by atoms with van der Waals surface area (Å²) < 4.78 is 23.9. The maximum atomic E-state index is 12.0. The molecule has 10 heteroatoms. The lowest BCUT2D eigenvalue weighted by atomic mass is 9.68. The summed E-state index contributed by atoms with van der Waals surface area (Å²) in [6, 6.07) is 0. The second-order valence-electron chi connectivity index (χ2n) is 13.5. The van der Waals surface area contributed by atoms with Gasteiger partial charge in [-0.3, -0.25) is 0 Å². The molecule has 0 spiro atoms. The highest BCUT2D eigenvalue weighted by Crippen LogP contribution is 2.55. The predicted molar refractivity (Wildman–Crippen MR) is 155 cm³/mol. The van der Waals surface area contributed by atoms with E-state index in [1.54, 1.807) is 27.0 Å². The first kappa shape index (κ1) is 33.7. The van der Waals surface area contributed by atoms with Crippen LogP contribution in [0.3, 0.4) is 0 Å². The van der Waals surface area contributed by atoms with Gasteiger partial charge in [0.05, 0.1) is 31.0 Å². The number of fused-ring (bicyclic) bond motifs is 2. The quantitative estimate of drug-likeness (QED) is 0.204. The molecule has 4 aliphatic rings. The molecule has 0 amide bonds. The van der Waals surface area contributed by atoms with Crippen molar-refractivity contribution < 1.29 is 49.6 Å². The summed E-state index contributed by atoms with van der Waals surface area (Å²) in [5, 5.41) is 66.2. The van der Waals surface area contributed by atoms with Gasteiger partial charge in [0.2, 0.25) is 0 Å². The van der Waals surface area contributed by atoms with E-state index < -0.39 is 60.0 Å². The number of ether oxygens (including phenoxy) is 4. The van der Waals surface area contributed by atoms with Crippen molar-refractivity contribution >= 4 is 0 Å². The molecule has 0 aromatic rings. The molecule has 0 aromatic heterocycles. The Kier molecular flexibility index (Phi) is 10.5. The fourth-order valence-corrected chi connectivity index (χ4v) is 7.33. The van der Waals surface area contributed by atoms with Crippen LogP contribution in [0.1, 0.15) is 53.9 Å². The van der Waals surface area contributed by atoms with Crippen LogP contribution in [-0.4, -0.2) is 112 Å². The van der Waals surface area contributed by atoms with E-state index in [9.17, 15) is 30.6 Å². The first-order chi connectivity index (χ1) is 19.7. The Morgan fingerprint density at radius 2 is 1.79 bits per heavy atom. The number of aliphatic hydroxyl groups excluding tert-OH is 6. The van der Waals surface area contributed by atoms with Crippen LogP contribution in [0.5, 0.6) is 0 Å². The Labute approximate surface area is 249 Å². The van der Waals surface area contributed by atoms with Gasteiger partial charge in [-0.15, -0.1) is 6.58 Å². The third-order valence-corrected chi connectivity index (χ3v) is 10.3. The highest BCUT2D eigenvalue weighted by molar-refractivity contribution is 5.43. The van der Waals surface area contributed by atoms with E-state index in [2.05, 4.69) is 12.7 Å². The molecule has 10 nitrogen and oxygen atoms in total. The van der Waals surface area contributed by atoms with E-state index in [-0.39, 0.29) is 36.9 Å². The molecule has 0 bridgehead atoms. The van der Waals surface area contributed by atoms with Crippen molar-refractivity contribution in [2.24, 2.45) is 29.1 Å². The minimum atomic E-state index is -1.61. The Morgan fingerprint density at radius 1 is 1.10 bits per heavy atom. The summed E-state index contributed by atoms with van der Waals surface area (Å²) >= 11 is 0. The second kappa shape index (κ2) is 13.0. The molecule has 1 unspecified atom stereocenters. The average Bonchev–Trinajstić information content (AvgIpc) is 3.46. The van der Waals surface area contributed by atoms with Gasteiger partial charge < -0.3 is 49.6 Å². The van der Waals surface area contributed by atoms with E-state index in [1.807, 2.05) is 20.8 Å². The molecule has 240 valence electrons. The van der Waals surface area contributed by atoms with Gasteiger partial charge in [0.15, 0.2) is 6.29 Å².